The van der Waals surface area contributed by atoms with Gasteiger partial charge in [-0.25, -0.2) is 0 Å². The molecule has 1 aliphatic heterocycles. The van der Waals surface area contributed by atoms with Gasteiger partial charge in [-0.3, -0.25) is 4.79 Å². The Morgan fingerprint density at radius 1 is 1.07 bits per heavy atom. The third-order valence-corrected chi connectivity index (χ3v) is 6.85. The molecule has 5 rings (SSSR count). The average molecular weight is 367 g/mol. The summed E-state index contributed by atoms with van der Waals surface area (Å²) in [5.74, 6) is 2.79. The lowest BCUT2D eigenvalue weighted by Gasteiger charge is -2.44. The standard InChI is InChI=1S/C23H29NO3/c25-23(24-13-5-7-16-6-1-3-9-20(16)24)15-26-17-11-12-22-19(14-17)18-8-2-4-10-21(18)27-22/h11-12,14,16,20H,1-10,13,15H2. The van der Waals surface area contributed by atoms with Crippen LogP contribution in [0.25, 0.3) is 11.0 Å². The van der Waals surface area contributed by atoms with Gasteiger partial charge in [0, 0.05) is 30.0 Å². The fraction of sp³-hybridized carbons (Fsp3) is 0.609. The van der Waals surface area contributed by atoms with Crippen LogP contribution in [0.15, 0.2) is 22.6 Å². The van der Waals surface area contributed by atoms with Crippen LogP contribution >= 0.6 is 0 Å². The third kappa shape index (κ3) is 3.24. The summed E-state index contributed by atoms with van der Waals surface area (Å²) in [4.78, 5) is 15.0. The molecule has 4 nitrogen and oxygen atoms in total. The Kier molecular flexibility index (Phi) is 4.58. The van der Waals surface area contributed by atoms with Crippen molar-refractivity contribution in [3.63, 3.8) is 0 Å². The molecule has 1 aromatic heterocycles. The van der Waals surface area contributed by atoms with Crippen molar-refractivity contribution in [1.29, 1.82) is 0 Å². The van der Waals surface area contributed by atoms with E-state index in [0.29, 0.717) is 12.0 Å². The second-order valence-corrected chi connectivity index (χ2v) is 8.50. The van der Waals surface area contributed by atoms with Gasteiger partial charge < -0.3 is 14.1 Å². The molecule has 4 heteroatoms. The molecule has 2 aliphatic carbocycles. The number of piperidine rings is 1. The summed E-state index contributed by atoms with van der Waals surface area (Å²) in [5, 5.41) is 1.17. The maximum Gasteiger partial charge on any atom is 0.260 e. The van der Waals surface area contributed by atoms with E-state index < -0.39 is 0 Å². The minimum absolute atomic E-state index is 0.148. The van der Waals surface area contributed by atoms with E-state index in [0.717, 1.165) is 42.9 Å². The van der Waals surface area contributed by atoms with Gasteiger partial charge in [0.2, 0.25) is 0 Å². The second kappa shape index (κ2) is 7.21. The summed E-state index contributed by atoms with van der Waals surface area (Å²) in [6.45, 7) is 1.05. The predicted octanol–water partition coefficient (Wildman–Crippen LogP) is 4.87. The zero-order valence-corrected chi connectivity index (χ0v) is 16.0. The quantitative estimate of drug-likeness (QED) is 0.777. The molecule has 0 radical (unpaired) electrons. The molecule has 2 atom stereocenters. The van der Waals surface area contributed by atoms with E-state index in [-0.39, 0.29) is 12.5 Å². The zero-order valence-electron chi connectivity index (χ0n) is 16.0. The number of ether oxygens (including phenoxy) is 1. The monoisotopic (exact) mass is 367 g/mol. The van der Waals surface area contributed by atoms with E-state index in [2.05, 4.69) is 11.0 Å². The number of carbonyl (C=O) groups excluding carboxylic acids is 1. The van der Waals surface area contributed by atoms with Gasteiger partial charge in [0.25, 0.3) is 5.91 Å². The maximum atomic E-state index is 12.9. The summed E-state index contributed by atoms with van der Waals surface area (Å²) in [6.07, 6.45) is 12.0. The number of rotatable bonds is 3. The van der Waals surface area contributed by atoms with Crippen molar-refractivity contribution in [2.24, 2.45) is 5.92 Å². The summed E-state index contributed by atoms with van der Waals surface area (Å²) in [6, 6.07) is 6.44. The van der Waals surface area contributed by atoms with Crippen LogP contribution in [0.1, 0.15) is 62.7 Å². The Labute approximate surface area is 160 Å². The number of carbonyl (C=O) groups is 1. The van der Waals surface area contributed by atoms with E-state index in [1.165, 1.54) is 55.9 Å². The molecule has 1 aromatic carbocycles. The van der Waals surface area contributed by atoms with Gasteiger partial charge in [0.1, 0.15) is 17.1 Å². The number of nitrogens with zero attached hydrogens (tertiary/aromatic N) is 1. The topological polar surface area (TPSA) is 42.7 Å². The van der Waals surface area contributed by atoms with Gasteiger partial charge in [-0.2, -0.15) is 0 Å². The predicted molar refractivity (Wildman–Crippen MR) is 105 cm³/mol. The third-order valence-electron chi connectivity index (χ3n) is 6.85. The Morgan fingerprint density at radius 2 is 1.93 bits per heavy atom. The smallest absolute Gasteiger partial charge is 0.260 e. The normalized spacial score (nSPS) is 25.1. The molecule has 2 fully saturated rings. The van der Waals surface area contributed by atoms with Crippen molar-refractivity contribution < 1.29 is 13.9 Å². The van der Waals surface area contributed by atoms with Crippen molar-refractivity contribution in [2.75, 3.05) is 13.2 Å². The lowest BCUT2D eigenvalue weighted by Crippen LogP contribution is -2.51. The summed E-state index contributed by atoms with van der Waals surface area (Å²) < 4.78 is 11.9. The van der Waals surface area contributed by atoms with Gasteiger partial charge >= 0.3 is 0 Å². The highest BCUT2D eigenvalue weighted by Crippen LogP contribution is 2.36. The molecule has 0 spiro atoms. The number of likely N-dealkylation sites (tertiary alicyclic amines) is 1. The molecule has 3 aliphatic rings. The fourth-order valence-corrected chi connectivity index (χ4v) is 5.49. The first kappa shape index (κ1) is 17.2. The summed E-state index contributed by atoms with van der Waals surface area (Å²) in [7, 11) is 0. The molecular weight excluding hydrogens is 338 g/mol. The van der Waals surface area contributed by atoms with Crippen molar-refractivity contribution in [3.05, 3.63) is 29.5 Å². The van der Waals surface area contributed by atoms with Crippen LogP contribution in [0.2, 0.25) is 0 Å². The molecule has 0 N–H and O–H groups in total. The average Bonchev–Trinajstić information content (AvgIpc) is 3.09. The first-order chi connectivity index (χ1) is 13.3. The summed E-state index contributed by atoms with van der Waals surface area (Å²) in [5.41, 5.74) is 2.29. The molecule has 2 heterocycles. The van der Waals surface area contributed by atoms with Crippen LogP contribution < -0.4 is 4.74 Å². The van der Waals surface area contributed by atoms with Crippen LogP contribution in [0, 0.1) is 5.92 Å². The number of furan rings is 1. The van der Waals surface area contributed by atoms with Crippen LogP contribution in [-0.2, 0) is 17.6 Å². The molecule has 1 amide bonds. The minimum Gasteiger partial charge on any atom is -0.484 e. The molecular formula is C23H29NO3. The SMILES string of the molecule is O=C(COc1ccc2oc3c(c2c1)CCCC3)N1CCCC2CCCCC21. The highest BCUT2D eigenvalue weighted by molar-refractivity contribution is 5.84. The van der Waals surface area contributed by atoms with Crippen LogP contribution in [0.5, 0.6) is 5.75 Å². The molecule has 1 saturated carbocycles. The molecule has 2 aromatic rings. The number of hydrogen-bond acceptors (Lipinski definition) is 3. The fourth-order valence-electron chi connectivity index (χ4n) is 5.49. The van der Waals surface area contributed by atoms with E-state index >= 15 is 0 Å². The largest absolute Gasteiger partial charge is 0.484 e. The Balaban J connectivity index is 1.28. The Morgan fingerprint density at radius 3 is 2.89 bits per heavy atom. The van der Waals surface area contributed by atoms with E-state index in [9.17, 15) is 4.79 Å². The Bertz CT molecular complexity index is 838. The maximum absolute atomic E-state index is 12.9. The second-order valence-electron chi connectivity index (χ2n) is 8.50. The lowest BCUT2D eigenvalue weighted by atomic mass is 9.78. The zero-order chi connectivity index (χ0) is 18.2. The van der Waals surface area contributed by atoms with Crippen molar-refractivity contribution in [3.8, 4) is 5.75 Å². The Hall–Kier alpha value is -1.97. The number of amides is 1. The highest BCUT2D eigenvalue weighted by atomic mass is 16.5. The van der Waals surface area contributed by atoms with Crippen LogP contribution in [0.4, 0.5) is 0 Å². The van der Waals surface area contributed by atoms with Gasteiger partial charge in [-0.1, -0.05) is 12.8 Å². The molecule has 144 valence electrons. The minimum atomic E-state index is 0.148. The number of hydrogen-bond donors (Lipinski definition) is 0. The lowest BCUT2D eigenvalue weighted by molar-refractivity contribution is -0.139. The summed E-state index contributed by atoms with van der Waals surface area (Å²) >= 11 is 0. The van der Waals surface area contributed by atoms with Gasteiger partial charge in [0.15, 0.2) is 6.61 Å². The van der Waals surface area contributed by atoms with Gasteiger partial charge in [0.05, 0.1) is 0 Å². The number of fused-ring (bicyclic) bond motifs is 4. The first-order valence-electron chi connectivity index (χ1n) is 10.8. The molecule has 2 unspecified atom stereocenters. The van der Waals surface area contributed by atoms with E-state index in [1.807, 2.05) is 12.1 Å². The molecule has 27 heavy (non-hydrogen) atoms. The van der Waals surface area contributed by atoms with Crippen molar-refractivity contribution >= 4 is 16.9 Å². The van der Waals surface area contributed by atoms with Crippen molar-refractivity contribution in [2.45, 2.75) is 70.3 Å². The highest BCUT2D eigenvalue weighted by Gasteiger charge is 2.35. The van der Waals surface area contributed by atoms with Crippen LogP contribution in [0.3, 0.4) is 0 Å². The number of aryl methyl sites for hydroxylation is 2. The first-order valence-corrected chi connectivity index (χ1v) is 10.8. The van der Waals surface area contributed by atoms with E-state index in [1.54, 1.807) is 0 Å². The van der Waals surface area contributed by atoms with Crippen molar-refractivity contribution in [1.82, 2.24) is 4.90 Å². The number of benzene rings is 1. The molecule has 1 saturated heterocycles. The molecule has 0 bridgehead atoms. The van der Waals surface area contributed by atoms with E-state index in [4.69, 9.17) is 9.15 Å². The van der Waals surface area contributed by atoms with Crippen LogP contribution in [-0.4, -0.2) is 30.0 Å². The van der Waals surface area contributed by atoms with Gasteiger partial charge in [-0.15, -0.1) is 0 Å². The van der Waals surface area contributed by atoms with Gasteiger partial charge in [-0.05, 0) is 69.1 Å².